The van der Waals surface area contributed by atoms with Gasteiger partial charge in [0.1, 0.15) is 5.82 Å². The molecule has 1 aliphatic rings. The molecule has 1 unspecified atom stereocenters. The number of hydrogen-bond acceptors (Lipinski definition) is 2. The molecule has 1 saturated carbocycles. The molecular weight excluding hydrogens is 241 g/mol. The number of Topliss-reactive ketones (excluding diaryl/α,β-unsaturated/α-hetero) is 1. The second kappa shape index (κ2) is 4.39. The summed E-state index contributed by atoms with van der Waals surface area (Å²) in [5, 5.41) is 0.282. The van der Waals surface area contributed by atoms with Gasteiger partial charge in [0.15, 0.2) is 5.78 Å². The maximum absolute atomic E-state index is 13.5. The van der Waals surface area contributed by atoms with Gasteiger partial charge in [-0.25, -0.2) is 4.39 Å². The zero-order chi connectivity index (χ0) is 12.6. The van der Waals surface area contributed by atoms with Crippen molar-refractivity contribution in [1.82, 2.24) is 0 Å². The fourth-order valence-electron chi connectivity index (χ4n) is 1.96. The number of carbonyl (C=O) groups excluding carboxylic acids is 1. The van der Waals surface area contributed by atoms with Gasteiger partial charge in [0, 0.05) is 17.0 Å². The molecule has 92 valence electrons. The molecule has 0 amide bonds. The van der Waals surface area contributed by atoms with Gasteiger partial charge in [0.05, 0.1) is 5.54 Å². The third-order valence-electron chi connectivity index (χ3n) is 3.43. The van der Waals surface area contributed by atoms with Crippen LogP contribution >= 0.6 is 11.6 Å². The van der Waals surface area contributed by atoms with Crippen molar-refractivity contribution in [3.05, 3.63) is 34.6 Å². The van der Waals surface area contributed by atoms with Crippen LogP contribution in [0.5, 0.6) is 0 Å². The van der Waals surface area contributed by atoms with Crippen LogP contribution in [-0.2, 0) is 11.2 Å². The molecule has 0 saturated heterocycles. The van der Waals surface area contributed by atoms with E-state index in [0.29, 0.717) is 0 Å². The van der Waals surface area contributed by atoms with Gasteiger partial charge in [0.2, 0.25) is 0 Å². The highest BCUT2D eigenvalue weighted by Crippen LogP contribution is 2.39. The first kappa shape index (κ1) is 12.5. The smallest absolute Gasteiger partial charge is 0.157 e. The van der Waals surface area contributed by atoms with Crippen LogP contribution < -0.4 is 5.73 Å². The highest BCUT2D eigenvalue weighted by molar-refractivity contribution is 6.31. The molecule has 0 spiro atoms. The van der Waals surface area contributed by atoms with Crippen LogP contribution in [0.1, 0.15) is 25.3 Å². The Morgan fingerprint density at radius 3 is 2.76 bits per heavy atom. The maximum Gasteiger partial charge on any atom is 0.157 e. The highest BCUT2D eigenvalue weighted by Gasteiger charge is 2.43. The number of halogens is 2. The van der Waals surface area contributed by atoms with Crippen LogP contribution in [0.4, 0.5) is 4.39 Å². The quantitative estimate of drug-likeness (QED) is 0.899. The fraction of sp³-hybridized carbons (Fsp3) is 0.462. The largest absolute Gasteiger partial charge is 0.319 e. The van der Waals surface area contributed by atoms with E-state index >= 15 is 0 Å². The van der Waals surface area contributed by atoms with Crippen molar-refractivity contribution in [2.24, 2.45) is 11.7 Å². The average Bonchev–Trinajstić information content (AvgIpc) is 3.07. The Kier molecular flexibility index (Phi) is 3.23. The zero-order valence-corrected chi connectivity index (χ0v) is 10.4. The molecule has 2 N–H and O–H groups in total. The molecule has 0 heterocycles. The van der Waals surface area contributed by atoms with E-state index in [1.807, 2.05) is 0 Å². The molecule has 1 aromatic rings. The monoisotopic (exact) mass is 255 g/mol. The Morgan fingerprint density at radius 1 is 1.59 bits per heavy atom. The molecule has 1 aromatic carbocycles. The number of ketones is 1. The first-order valence-corrected chi connectivity index (χ1v) is 6.06. The van der Waals surface area contributed by atoms with E-state index in [1.165, 1.54) is 12.1 Å². The SMILES string of the molecule is CC(N)(C(=O)Cc1c(F)cccc1Cl)C1CC1. The molecule has 0 aromatic heterocycles. The van der Waals surface area contributed by atoms with Crippen LogP contribution in [0.3, 0.4) is 0 Å². The van der Waals surface area contributed by atoms with Crippen molar-refractivity contribution in [2.75, 3.05) is 0 Å². The minimum atomic E-state index is -0.856. The summed E-state index contributed by atoms with van der Waals surface area (Å²) >= 11 is 5.89. The van der Waals surface area contributed by atoms with Crippen LogP contribution in [0.25, 0.3) is 0 Å². The van der Waals surface area contributed by atoms with Gasteiger partial charge in [-0.05, 0) is 37.8 Å². The summed E-state index contributed by atoms with van der Waals surface area (Å²) in [6, 6.07) is 4.41. The Hall–Kier alpha value is -0.930. The first-order valence-electron chi connectivity index (χ1n) is 5.68. The molecule has 2 nitrogen and oxygen atoms in total. The predicted molar refractivity (Wildman–Crippen MR) is 65.4 cm³/mol. The van der Waals surface area contributed by atoms with Gasteiger partial charge in [0.25, 0.3) is 0 Å². The van der Waals surface area contributed by atoms with E-state index in [4.69, 9.17) is 17.3 Å². The molecule has 0 bridgehead atoms. The lowest BCUT2D eigenvalue weighted by Crippen LogP contribution is -2.48. The number of hydrogen-bond donors (Lipinski definition) is 1. The van der Waals surface area contributed by atoms with E-state index in [-0.39, 0.29) is 28.7 Å². The number of rotatable bonds is 4. The minimum absolute atomic E-state index is 0.0327. The summed E-state index contributed by atoms with van der Waals surface area (Å²) < 4.78 is 13.5. The molecule has 1 aliphatic carbocycles. The standard InChI is InChI=1S/C13H15ClFNO/c1-13(16,8-5-6-8)12(17)7-9-10(14)3-2-4-11(9)15/h2-4,8H,5-7,16H2,1H3. The second-order valence-electron chi connectivity index (χ2n) is 4.86. The molecule has 0 radical (unpaired) electrons. The Labute approximate surface area is 105 Å². The average molecular weight is 256 g/mol. The summed E-state index contributed by atoms with van der Waals surface area (Å²) in [4.78, 5) is 12.1. The van der Waals surface area contributed by atoms with Crippen LogP contribution in [0.2, 0.25) is 5.02 Å². The van der Waals surface area contributed by atoms with Crippen molar-refractivity contribution < 1.29 is 9.18 Å². The summed E-state index contributed by atoms with van der Waals surface area (Å²) in [5.41, 5.74) is 5.39. The lowest BCUT2D eigenvalue weighted by molar-refractivity contribution is -0.123. The topological polar surface area (TPSA) is 43.1 Å². The van der Waals surface area contributed by atoms with Crippen LogP contribution in [-0.4, -0.2) is 11.3 Å². The van der Waals surface area contributed by atoms with Crippen molar-refractivity contribution in [3.63, 3.8) is 0 Å². The zero-order valence-electron chi connectivity index (χ0n) is 9.67. The van der Waals surface area contributed by atoms with E-state index in [1.54, 1.807) is 13.0 Å². The van der Waals surface area contributed by atoms with E-state index in [2.05, 4.69) is 0 Å². The lowest BCUT2D eigenvalue weighted by atomic mass is 9.88. The summed E-state index contributed by atoms with van der Waals surface area (Å²) in [6.07, 6.45) is 1.92. The van der Waals surface area contributed by atoms with Gasteiger partial charge in [-0.15, -0.1) is 0 Å². The Morgan fingerprint density at radius 2 is 2.24 bits per heavy atom. The van der Waals surface area contributed by atoms with E-state index in [0.717, 1.165) is 12.8 Å². The van der Waals surface area contributed by atoms with Crippen LogP contribution in [0.15, 0.2) is 18.2 Å². The predicted octanol–water partition coefficient (Wildman–Crippen LogP) is 2.72. The normalized spacial score (nSPS) is 18.8. The van der Waals surface area contributed by atoms with Crippen LogP contribution in [0, 0.1) is 11.7 Å². The van der Waals surface area contributed by atoms with E-state index in [9.17, 15) is 9.18 Å². The first-order chi connectivity index (χ1) is 7.93. The van der Waals surface area contributed by atoms with Gasteiger partial charge in [-0.2, -0.15) is 0 Å². The van der Waals surface area contributed by atoms with Gasteiger partial charge >= 0.3 is 0 Å². The van der Waals surface area contributed by atoms with Crippen molar-refractivity contribution in [1.29, 1.82) is 0 Å². The van der Waals surface area contributed by atoms with Gasteiger partial charge in [-0.1, -0.05) is 17.7 Å². The Bertz CT molecular complexity index is 434. The lowest BCUT2D eigenvalue weighted by Gasteiger charge is -2.23. The summed E-state index contributed by atoms with van der Waals surface area (Å²) in [7, 11) is 0. The summed E-state index contributed by atoms with van der Waals surface area (Å²) in [6.45, 7) is 1.72. The third kappa shape index (κ3) is 2.50. The Balaban J connectivity index is 2.18. The fourth-order valence-corrected chi connectivity index (χ4v) is 2.19. The number of nitrogens with two attached hydrogens (primary N) is 1. The van der Waals surface area contributed by atoms with E-state index < -0.39 is 11.4 Å². The molecule has 1 atom stereocenters. The van der Waals surface area contributed by atoms with Gasteiger partial charge in [-0.3, -0.25) is 4.79 Å². The molecular formula is C13H15ClFNO. The third-order valence-corrected chi connectivity index (χ3v) is 3.78. The number of benzene rings is 1. The second-order valence-corrected chi connectivity index (χ2v) is 5.26. The molecule has 4 heteroatoms. The van der Waals surface area contributed by atoms with Gasteiger partial charge < -0.3 is 5.73 Å². The highest BCUT2D eigenvalue weighted by atomic mass is 35.5. The molecule has 1 fully saturated rings. The summed E-state index contributed by atoms with van der Waals surface area (Å²) in [5.74, 6) is -0.356. The molecule has 0 aliphatic heterocycles. The van der Waals surface area contributed by atoms with Crippen molar-refractivity contribution >= 4 is 17.4 Å². The maximum atomic E-state index is 13.5. The number of carbonyl (C=O) groups is 1. The molecule has 2 rings (SSSR count). The van der Waals surface area contributed by atoms with Crippen molar-refractivity contribution in [2.45, 2.75) is 31.7 Å². The molecule has 17 heavy (non-hydrogen) atoms. The van der Waals surface area contributed by atoms with Crippen molar-refractivity contribution in [3.8, 4) is 0 Å². The minimum Gasteiger partial charge on any atom is -0.319 e.